The van der Waals surface area contributed by atoms with Crippen molar-refractivity contribution in [3.05, 3.63) is 71.9 Å². The lowest BCUT2D eigenvalue weighted by Crippen LogP contribution is -2.32. The Bertz CT molecular complexity index is 934. The number of nitriles is 1. The third-order valence-electron chi connectivity index (χ3n) is 4.46. The lowest BCUT2D eigenvalue weighted by molar-refractivity contribution is -0.646. The fourth-order valence-corrected chi connectivity index (χ4v) is 2.90. The minimum absolute atomic E-state index is 0.538. The molecule has 0 spiro atoms. The molecular weight excluding hydrogens is 306 g/mol. The van der Waals surface area contributed by atoms with Gasteiger partial charge in [0.25, 0.3) is 0 Å². The zero-order chi connectivity index (χ0) is 17.6. The van der Waals surface area contributed by atoms with Gasteiger partial charge in [0.05, 0.1) is 12.5 Å². The molecule has 3 heteroatoms. The molecule has 3 rings (SSSR count). The van der Waals surface area contributed by atoms with Gasteiger partial charge in [0.2, 0.25) is 11.2 Å². The number of rotatable bonds is 5. The lowest BCUT2D eigenvalue weighted by Gasteiger charge is -2.17. The van der Waals surface area contributed by atoms with Gasteiger partial charge in [-0.15, -0.1) is 0 Å². The molecule has 2 aromatic carbocycles. The van der Waals surface area contributed by atoms with E-state index in [9.17, 15) is 0 Å². The number of hydrogen-bond donors (Lipinski definition) is 0. The topological polar surface area (TPSA) is 30.9 Å². The lowest BCUT2D eigenvalue weighted by atomic mass is 10.1. The van der Waals surface area contributed by atoms with E-state index in [1.807, 2.05) is 7.05 Å². The second-order valence-electron chi connectivity index (χ2n) is 6.13. The maximum atomic E-state index is 8.69. The van der Waals surface area contributed by atoms with Crippen LogP contribution in [0.2, 0.25) is 0 Å². The number of pyridine rings is 1. The van der Waals surface area contributed by atoms with Gasteiger partial charge in [-0.3, -0.25) is 0 Å². The van der Waals surface area contributed by atoms with Crippen molar-refractivity contribution in [1.82, 2.24) is 0 Å². The van der Waals surface area contributed by atoms with Crippen molar-refractivity contribution >= 4 is 28.7 Å². The average Bonchev–Trinajstić information content (AvgIpc) is 2.66. The fraction of sp³-hybridized carbons (Fsp3) is 0.182. The van der Waals surface area contributed by atoms with Crippen molar-refractivity contribution in [3.63, 3.8) is 0 Å². The van der Waals surface area contributed by atoms with Crippen LogP contribution in [0, 0.1) is 11.3 Å². The van der Waals surface area contributed by atoms with Crippen molar-refractivity contribution in [1.29, 1.82) is 5.26 Å². The smallest absolute Gasteiger partial charge is 0.212 e. The molecule has 0 saturated heterocycles. The number of aryl methyl sites for hydroxylation is 1. The molecule has 3 nitrogen and oxygen atoms in total. The van der Waals surface area contributed by atoms with Crippen LogP contribution in [0.1, 0.15) is 17.7 Å². The summed E-state index contributed by atoms with van der Waals surface area (Å²) in [6.45, 7) is 0.749. The SMILES string of the molecule is CN(CCC#N)c1ccc(C=Cc2ccc3ccccc3[n+]2C)cc1. The third kappa shape index (κ3) is 3.87. The molecule has 0 fully saturated rings. The van der Waals surface area contributed by atoms with Crippen LogP contribution in [0.4, 0.5) is 5.69 Å². The third-order valence-corrected chi connectivity index (χ3v) is 4.46. The summed E-state index contributed by atoms with van der Waals surface area (Å²) in [5.41, 5.74) is 4.67. The van der Waals surface area contributed by atoms with Gasteiger partial charge in [-0.25, -0.2) is 0 Å². The summed E-state index contributed by atoms with van der Waals surface area (Å²) in [4.78, 5) is 2.10. The highest BCUT2D eigenvalue weighted by Crippen LogP contribution is 2.16. The average molecular weight is 328 g/mol. The molecule has 0 radical (unpaired) electrons. The van der Waals surface area contributed by atoms with E-state index in [2.05, 4.69) is 95.4 Å². The monoisotopic (exact) mass is 328 g/mol. The second-order valence-corrected chi connectivity index (χ2v) is 6.13. The number of nitrogens with zero attached hydrogens (tertiary/aromatic N) is 3. The molecule has 0 amide bonds. The predicted octanol–water partition coefficient (Wildman–Crippen LogP) is 4.18. The Morgan fingerprint density at radius 2 is 1.76 bits per heavy atom. The summed E-state index contributed by atoms with van der Waals surface area (Å²) in [6, 6.07) is 23.3. The van der Waals surface area contributed by atoms with Gasteiger partial charge in [0, 0.05) is 42.9 Å². The first-order valence-electron chi connectivity index (χ1n) is 8.43. The molecule has 0 atom stereocenters. The zero-order valence-electron chi connectivity index (χ0n) is 14.7. The Morgan fingerprint density at radius 3 is 2.52 bits per heavy atom. The predicted molar refractivity (Wildman–Crippen MR) is 104 cm³/mol. The summed E-state index contributed by atoms with van der Waals surface area (Å²) in [5.74, 6) is 0. The number of benzene rings is 2. The Labute approximate surface area is 149 Å². The first-order valence-corrected chi connectivity index (χ1v) is 8.43. The van der Waals surface area contributed by atoms with Crippen molar-refractivity contribution < 1.29 is 4.57 Å². The maximum Gasteiger partial charge on any atom is 0.212 e. The Balaban J connectivity index is 1.78. The van der Waals surface area contributed by atoms with Gasteiger partial charge in [0.1, 0.15) is 7.05 Å². The van der Waals surface area contributed by atoms with Crippen LogP contribution in [0.3, 0.4) is 0 Å². The minimum Gasteiger partial charge on any atom is -0.374 e. The minimum atomic E-state index is 0.538. The Hall–Kier alpha value is -3.12. The largest absolute Gasteiger partial charge is 0.374 e. The van der Waals surface area contributed by atoms with Gasteiger partial charge >= 0.3 is 0 Å². The van der Waals surface area contributed by atoms with Crippen LogP contribution in [0.25, 0.3) is 23.1 Å². The van der Waals surface area contributed by atoms with Gasteiger partial charge in [0.15, 0.2) is 0 Å². The molecular formula is C22H22N3+. The molecule has 0 unspecified atom stereocenters. The molecule has 0 N–H and O–H groups in total. The second kappa shape index (κ2) is 7.63. The highest BCUT2D eigenvalue weighted by Gasteiger charge is 2.08. The van der Waals surface area contributed by atoms with Crippen LogP contribution in [0.5, 0.6) is 0 Å². The van der Waals surface area contributed by atoms with Crippen molar-refractivity contribution in [2.24, 2.45) is 7.05 Å². The molecule has 1 aromatic heterocycles. The molecule has 0 saturated carbocycles. The van der Waals surface area contributed by atoms with E-state index in [0.717, 1.165) is 23.5 Å². The first-order chi connectivity index (χ1) is 12.2. The Kier molecular flexibility index (Phi) is 5.11. The van der Waals surface area contributed by atoms with E-state index >= 15 is 0 Å². The quantitative estimate of drug-likeness (QED) is 0.658. The van der Waals surface area contributed by atoms with E-state index in [4.69, 9.17) is 5.26 Å². The fourth-order valence-electron chi connectivity index (χ4n) is 2.90. The molecule has 1 heterocycles. The molecule has 0 aliphatic rings. The van der Waals surface area contributed by atoms with Crippen molar-refractivity contribution in [3.8, 4) is 6.07 Å². The van der Waals surface area contributed by atoms with Crippen LogP contribution in [0.15, 0.2) is 60.7 Å². The summed E-state index contributed by atoms with van der Waals surface area (Å²) in [6.07, 6.45) is 4.81. The van der Waals surface area contributed by atoms with Gasteiger partial charge in [-0.05, 0) is 35.9 Å². The zero-order valence-corrected chi connectivity index (χ0v) is 14.7. The highest BCUT2D eigenvalue weighted by molar-refractivity contribution is 5.77. The number of para-hydroxylation sites is 1. The van der Waals surface area contributed by atoms with Crippen molar-refractivity contribution in [2.45, 2.75) is 6.42 Å². The molecule has 0 aliphatic carbocycles. The van der Waals surface area contributed by atoms with Gasteiger partial charge in [-0.1, -0.05) is 24.3 Å². The number of fused-ring (bicyclic) bond motifs is 1. The van der Waals surface area contributed by atoms with E-state index in [0.29, 0.717) is 6.42 Å². The van der Waals surface area contributed by atoms with Gasteiger partial charge < -0.3 is 4.90 Å². The van der Waals surface area contributed by atoms with Crippen LogP contribution in [-0.2, 0) is 7.05 Å². The van der Waals surface area contributed by atoms with Gasteiger partial charge in [-0.2, -0.15) is 9.83 Å². The van der Waals surface area contributed by atoms with Crippen LogP contribution >= 0.6 is 0 Å². The summed E-state index contributed by atoms with van der Waals surface area (Å²) in [5, 5.41) is 9.93. The summed E-state index contributed by atoms with van der Waals surface area (Å²) in [7, 11) is 4.10. The number of anilines is 1. The standard InChI is InChI=1S/C22H22N3/c1-24(17-5-16-23)20-12-8-18(9-13-20)10-14-21-15-11-19-6-3-4-7-22(19)25(21)2/h3-4,6-15H,5,17H2,1-2H3/q+1. The van der Waals surface area contributed by atoms with E-state index in [1.54, 1.807) is 0 Å². The molecule has 0 aliphatic heterocycles. The van der Waals surface area contributed by atoms with Crippen molar-refractivity contribution in [2.75, 3.05) is 18.5 Å². The first kappa shape index (κ1) is 16.7. The molecule has 3 aromatic rings. The molecule has 0 bridgehead atoms. The van der Waals surface area contributed by atoms with E-state index in [-0.39, 0.29) is 0 Å². The number of hydrogen-bond acceptors (Lipinski definition) is 2. The highest BCUT2D eigenvalue weighted by atomic mass is 15.1. The maximum absolute atomic E-state index is 8.69. The van der Waals surface area contributed by atoms with E-state index < -0.39 is 0 Å². The number of aromatic nitrogens is 1. The Morgan fingerprint density at radius 1 is 1.00 bits per heavy atom. The normalized spacial score (nSPS) is 10.9. The summed E-state index contributed by atoms with van der Waals surface area (Å²) < 4.78 is 2.20. The molecule has 25 heavy (non-hydrogen) atoms. The molecule has 124 valence electrons. The summed E-state index contributed by atoms with van der Waals surface area (Å²) >= 11 is 0. The van der Waals surface area contributed by atoms with Crippen LogP contribution < -0.4 is 9.47 Å². The van der Waals surface area contributed by atoms with E-state index in [1.165, 1.54) is 10.9 Å². The van der Waals surface area contributed by atoms with Crippen LogP contribution in [-0.4, -0.2) is 13.6 Å².